The predicted molar refractivity (Wildman–Crippen MR) is 77.6 cm³/mol. The first-order chi connectivity index (χ1) is 9.85. The monoisotopic (exact) mass is 314 g/mol. The summed E-state index contributed by atoms with van der Waals surface area (Å²) in [5.41, 5.74) is 0.578. The van der Waals surface area contributed by atoms with Gasteiger partial charge in [0, 0.05) is 19.5 Å². The first-order valence-corrected chi connectivity index (χ1v) is 8.75. The average Bonchev–Trinajstić information content (AvgIpc) is 2.91. The van der Waals surface area contributed by atoms with Crippen LogP contribution in [0.15, 0.2) is 24.3 Å². The second kappa shape index (κ2) is 6.53. The van der Waals surface area contributed by atoms with Crippen LogP contribution in [0.3, 0.4) is 0 Å². The van der Waals surface area contributed by atoms with Gasteiger partial charge in [0.1, 0.15) is 5.82 Å². The number of sulfonamides is 1. The molecule has 1 atom stereocenters. The Hall–Kier alpha value is -1.47. The van der Waals surface area contributed by atoms with E-state index >= 15 is 0 Å². The van der Waals surface area contributed by atoms with Crippen LogP contribution in [0.25, 0.3) is 0 Å². The number of nitrogens with one attached hydrogen (secondary N) is 1. The van der Waals surface area contributed by atoms with Crippen LogP contribution < -0.4 is 4.72 Å². The Morgan fingerprint density at radius 1 is 1.29 bits per heavy atom. The van der Waals surface area contributed by atoms with Gasteiger partial charge in [0.2, 0.25) is 15.9 Å². The number of likely N-dealkylation sites (tertiary alicyclic amines) is 1. The number of carbonyl (C=O) groups excluding carboxylic acids is 1. The van der Waals surface area contributed by atoms with Gasteiger partial charge in [-0.15, -0.1) is 0 Å². The molecule has 2 rings (SSSR count). The lowest BCUT2D eigenvalue weighted by molar-refractivity contribution is -0.130. The molecule has 1 aromatic rings. The van der Waals surface area contributed by atoms with Gasteiger partial charge in [-0.05, 0) is 30.5 Å². The van der Waals surface area contributed by atoms with Crippen molar-refractivity contribution in [1.29, 1.82) is 0 Å². The lowest BCUT2D eigenvalue weighted by Crippen LogP contribution is -2.34. The molecule has 1 aliphatic heterocycles. The Morgan fingerprint density at radius 3 is 2.38 bits per heavy atom. The Labute approximate surface area is 124 Å². The summed E-state index contributed by atoms with van der Waals surface area (Å²) in [4.78, 5) is 13.9. The SMILES string of the molecule is CS(=O)(=O)N[C@@H](CC(=O)N1CCCC1)c1ccc(F)cc1. The van der Waals surface area contributed by atoms with Crippen LogP contribution in [-0.4, -0.2) is 38.6 Å². The maximum absolute atomic E-state index is 13.0. The molecule has 116 valence electrons. The second-order valence-corrected chi connectivity index (χ2v) is 7.07. The van der Waals surface area contributed by atoms with Crippen LogP contribution in [0.2, 0.25) is 0 Å². The van der Waals surface area contributed by atoms with E-state index in [1.165, 1.54) is 24.3 Å². The summed E-state index contributed by atoms with van der Waals surface area (Å²) in [7, 11) is -3.47. The van der Waals surface area contributed by atoms with E-state index < -0.39 is 21.9 Å². The summed E-state index contributed by atoms with van der Waals surface area (Å²) < 4.78 is 38.4. The Kier molecular flexibility index (Phi) is 4.95. The molecule has 0 saturated carbocycles. The normalized spacial score (nSPS) is 17.0. The summed E-state index contributed by atoms with van der Waals surface area (Å²) >= 11 is 0. The van der Waals surface area contributed by atoms with Crippen LogP contribution >= 0.6 is 0 Å². The van der Waals surface area contributed by atoms with Crippen LogP contribution in [0.4, 0.5) is 4.39 Å². The van der Waals surface area contributed by atoms with Gasteiger partial charge in [0.05, 0.1) is 12.3 Å². The molecule has 0 radical (unpaired) electrons. The molecular formula is C14H19FN2O3S. The van der Waals surface area contributed by atoms with Gasteiger partial charge < -0.3 is 4.90 Å². The highest BCUT2D eigenvalue weighted by Crippen LogP contribution is 2.21. The van der Waals surface area contributed by atoms with Crippen molar-refractivity contribution in [2.45, 2.75) is 25.3 Å². The lowest BCUT2D eigenvalue weighted by atomic mass is 10.0. The molecule has 1 fully saturated rings. The summed E-state index contributed by atoms with van der Waals surface area (Å²) in [6.07, 6.45) is 3.04. The van der Waals surface area contributed by atoms with E-state index in [1.807, 2.05) is 0 Å². The standard InChI is InChI=1S/C14H19FN2O3S/c1-21(19,20)16-13(11-4-6-12(15)7-5-11)10-14(18)17-8-2-3-9-17/h4-7,13,16H,2-3,8-10H2,1H3/t13-/m0/s1. The van der Waals surface area contributed by atoms with Crippen LogP contribution in [0, 0.1) is 5.82 Å². The van der Waals surface area contributed by atoms with E-state index in [0.29, 0.717) is 18.7 Å². The quantitative estimate of drug-likeness (QED) is 0.894. The second-order valence-electron chi connectivity index (χ2n) is 5.29. The van der Waals surface area contributed by atoms with Crippen LogP contribution in [-0.2, 0) is 14.8 Å². The average molecular weight is 314 g/mol. The van der Waals surface area contributed by atoms with Crippen molar-refractivity contribution in [2.24, 2.45) is 0 Å². The van der Waals surface area contributed by atoms with Gasteiger partial charge >= 0.3 is 0 Å². The number of carbonyl (C=O) groups is 1. The van der Waals surface area contributed by atoms with E-state index in [1.54, 1.807) is 4.90 Å². The minimum Gasteiger partial charge on any atom is -0.343 e. The van der Waals surface area contributed by atoms with Gasteiger partial charge in [-0.1, -0.05) is 12.1 Å². The third-order valence-electron chi connectivity index (χ3n) is 3.47. The van der Waals surface area contributed by atoms with E-state index in [-0.39, 0.29) is 12.3 Å². The van der Waals surface area contributed by atoms with Gasteiger partial charge in [-0.3, -0.25) is 4.79 Å². The number of nitrogens with zero attached hydrogens (tertiary/aromatic N) is 1. The number of amides is 1. The Bertz CT molecular complexity index is 595. The highest BCUT2D eigenvalue weighted by Gasteiger charge is 2.24. The molecule has 0 spiro atoms. The van der Waals surface area contributed by atoms with Gasteiger partial charge in [-0.2, -0.15) is 0 Å². The van der Waals surface area contributed by atoms with Crippen molar-refractivity contribution in [1.82, 2.24) is 9.62 Å². The molecule has 0 bridgehead atoms. The molecule has 0 unspecified atom stereocenters. The molecule has 1 amide bonds. The molecule has 1 aliphatic rings. The maximum atomic E-state index is 13.0. The number of hydrogen-bond donors (Lipinski definition) is 1. The molecule has 0 aliphatic carbocycles. The van der Waals surface area contributed by atoms with Crippen molar-refractivity contribution < 1.29 is 17.6 Å². The van der Waals surface area contributed by atoms with Gasteiger partial charge in [-0.25, -0.2) is 17.5 Å². The smallest absolute Gasteiger partial charge is 0.224 e. The Balaban J connectivity index is 2.15. The maximum Gasteiger partial charge on any atom is 0.224 e. The van der Waals surface area contributed by atoms with Crippen LogP contribution in [0.5, 0.6) is 0 Å². The first kappa shape index (κ1) is 15.9. The largest absolute Gasteiger partial charge is 0.343 e. The molecule has 5 nitrogen and oxygen atoms in total. The zero-order chi connectivity index (χ0) is 15.5. The molecule has 1 aromatic carbocycles. The molecule has 7 heteroatoms. The molecule has 21 heavy (non-hydrogen) atoms. The molecule has 1 heterocycles. The minimum atomic E-state index is -3.47. The number of halogens is 1. The topological polar surface area (TPSA) is 66.5 Å². The first-order valence-electron chi connectivity index (χ1n) is 6.86. The van der Waals surface area contributed by atoms with Crippen molar-refractivity contribution in [2.75, 3.05) is 19.3 Å². The van der Waals surface area contributed by atoms with Gasteiger partial charge in [0.15, 0.2) is 0 Å². The third-order valence-corrected chi connectivity index (χ3v) is 4.18. The molecule has 1 N–H and O–H groups in total. The fourth-order valence-corrected chi connectivity index (χ4v) is 3.19. The lowest BCUT2D eigenvalue weighted by Gasteiger charge is -2.21. The highest BCUT2D eigenvalue weighted by molar-refractivity contribution is 7.88. The summed E-state index contributed by atoms with van der Waals surface area (Å²) in [5.74, 6) is -0.485. The minimum absolute atomic E-state index is 0.0404. The third kappa shape index (κ3) is 4.78. The number of rotatable bonds is 5. The number of benzene rings is 1. The Morgan fingerprint density at radius 2 is 1.86 bits per heavy atom. The van der Waals surface area contributed by atoms with Crippen molar-refractivity contribution >= 4 is 15.9 Å². The molecule has 0 aromatic heterocycles. The summed E-state index contributed by atoms with van der Waals surface area (Å²) in [6, 6.07) is 4.83. The zero-order valence-electron chi connectivity index (χ0n) is 11.9. The van der Waals surface area contributed by atoms with Crippen molar-refractivity contribution in [3.8, 4) is 0 Å². The van der Waals surface area contributed by atoms with Crippen molar-refractivity contribution in [3.05, 3.63) is 35.6 Å². The highest BCUT2D eigenvalue weighted by atomic mass is 32.2. The van der Waals surface area contributed by atoms with E-state index in [2.05, 4.69) is 4.72 Å². The van der Waals surface area contributed by atoms with E-state index in [0.717, 1.165) is 19.1 Å². The van der Waals surface area contributed by atoms with E-state index in [4.69, 9.17) is 0 Å². The summed E-state index contributed by atoms with van der Waals surface area (Å²) in [5, 5.41) is 0. The summed E-state index contributed by atoms with van der Waals surface area (Å²) in [6.45, 7) is 1.43. The fourth-order valence-electron chi connectivity index (χ4n) is 2.45. The molecule has 1 saturated heterocycles. The zero-order valence-corrected chi connectivity index (χ0v) is 12.7. The molecular weight excluding hydrogens is 295 g/mol. The number of hydrogen-bond acceptors (Lipinski definition) is 3. The van der Waals surface area contributed by atoms with Gasteiger partial charge in [0.25, 0.3) is 0 Å². The fraction of sp³-hybridized carbons (Fsp3) is 0.500. The van der Waals surface area contributed by atoms with E-state index in [9.17, 15) is 17.6 Å². The predicted octanol–water partition coefficient (Wildman–Crippen LogP) is 1.43. The van der Waals surface area contributed by atoms with Crippen molar-refractivity contribution in [3.63, 3.8) is 0 Å². The van der Waals surface area contributed by atoms with Crippen LogP contribution in [0.1, 0.15) is 30.9 Å².